The first-order chi connectivity index (χ1) is 15.3. The van der Waals surface area contributed by atoms with Crippen LogP contribution < -0.4 is 15.8 Å². The molecule has 3 N–H and O–H groups in total. The van der Waals surface area contributed by atoms with E-state index < -0.39 is 29.2 Å². The predicted molar refractivity (Wildman–Crippen MR) is 122 cm³/mol. The van der Waals surface area contributed by atoms with E-state index in [1.54, 1.807) is 24.4 Å². The molecule has 3 aromatic rings. The molecule has 0 fully saturated rings. The summed E-state index contributed by atoms with van der Waals surface area (Å²) in [6, 6.07) is 9.06. The molecule has 0 saturated heterocycles. The Morgan fingerprint density at radius 3 is 2.78 bits per heavy atom. The Labute approximate surface area is 186 Å². The Morgan fingerprint density at radius 1 is 1.34 bits per heavy atom. The first-order valence-electron chi connectivity index (χ1n) is 9.41. The summed E-state index contributed by atoms with van der Waals surface area (Å²) in [5.74, 6) is -0.462. The van der Waals surface area contributed by atoms with Gasteiger partial charge in [0.25, 0.3) is 6.43 Å². The Balaban J connectivity index is 2.01. The van der Waals surface area contributed by atoms with Gasteiger partial charge in [-0.1, -0.05) is 22.6 Å². The molecular weight excluding hydrogens is 441 g/mol. The number of halogens is 3. The number of fused-ring (bicyclic) bond motifs is 1. The smallest absolute Gasteiger partial charge is 0.266 e. The number of allylic oxidation sites excluding steroid dienone is 1. The summed E-state index contributed by atoms with van der Waals surface area (Å²) in [6.07, 6.45) is 2.80. The van der Waals surface area contributed by atoms with Crippen molar-refractivity contribution in [2.24, 2.45) is 10.1 Å². The van der Waals surface area contributed by atoms with Crippen LogP contribution in [0.4, 0.5) is 18.9 Å². The number of nitrogens with one attached hydrogen (secondary N) is 1. The van der Waals surface area contributed by atoms with Crippen molar-refractivity contribution in [3.05, 3.63) is 71.3 Å². The molecule has 0 amide bonds. The lowest BCUT2D eigenvalue weighted by Crippen LogP contribution is -2.05. The number of ether oxygens (including phenoxy) is 1. The van der Waals surface area contributed by atoms with E-state index in [1.807, 2.05) is 0 Å². The van der Waals surface area contributed by atoms with Gasteiger partial charge in [0.05, 0.1) is 35.8 Å². The number of hydrogen-bond donors (Lipinski definition) is 2. The zero-order valence-electron chi connectivity index (χ0n) is 17.3. The first kappa shape index (κ1) is 23.4. The number of pyridine rings is 1. The first-order valence-corrected chi connectivity index (χ1v) is 10.9. The predicted octanol–water partition coefficient (Wildman–Crippen LogP) is 4.60. The Morgan fingerprint density at radius 2 is 2.12 bits per heavy atom. The van der Waals surface area contributed by atoms with Crippen LogP contribution in [0, 0.1) is 5.82 Å². The highest BCUT2D eigenvalue weighted by atomic mass is 32.2. The topological polar surface area (TPSA) is 95.6 Å². The summed E-state index contributed by atoms with van der Waals surface area (Å²) < 4.78 is 61.0. The molecular formula is C22H21F3N4O2S. The van der Waals surface area contributed by atoms with Crippen molar-refractivity contribution in [2.45, 2.75) is 13.0 Å². The van der Waals surface area contributed by atoms with Crippen molar-refractivity contribution in [1.29, 1.82) is 0 Å². The normalized spacial score (nSPS) is 13.2. The Bertz CT molecular complexity index is 1170. The molecule has 0 aliphatic carbocycles. The molecule has 0 saturated carbocycles. The molecule has 0 aliphatic heterocycles. The van der Waals surface area contributed by atoms with Crippen LogP contribution in [0.3, 0.4) is 0 Å². The van der Waals surface area contributed by atoms with Crippen LogP contribution in [-0.4, -0.2) is 29.1 Å². The van der Waals surface area contributed by atoms with Gasteiger partial charge in [-0.05, 0) is 12.1 Å². The summed E-state index contributed by atoms with van der Waals surface area (Å²) >= 11 is -1.41. The van der Waals surface area contributed by atoms with Gasteiger partial charge in [0.2, 0.25) is 0 Å². The minimum absolute atomic E-state index is 0.0112. The molecule has 3 rings (SSSR count). The van der Waals surface area contributed by atoms with E-state index in [4.69, 9.17) is 10.5 Å². The highest BCUT2D eigenvalue weighted by Gasteiger charge is 2.17. The van der Waals surface area contributed by atoms with Gasteiger partial charge in [-0.2, -0.15) is 0 Å². The summed E-state index contributed by atoms with van der Waals surface area (Å²) in [6.45, 7) is -0.0112. The van der Waals surface area contributed by atoms with Crippen molar-refractivity contribution in [1.82, 2.24) is 4.98 Å². The molecule has 0 spiro atoms. The van der Waals surface area contributed by atoms with E-state index in [9.17, 15) is 17.7 Å². The third-order valence-corrected chi connectivity index (χ3v) is 5.11. The van der Waals surface area contributed by atoms with Gasteiger partial charge in [0.1, 0.15) is 17.8 Å². The van der Waals surface area contributed by atoms with E-state index >= 15 is 0 Å². The third-order valence-electron chi connectivity index (χ3n) is 4.71. The lowest BCUT2D eigenvalue weighted by atomic mass is 10.0. The van der Waals surface area contributed by atoms with Gasteiger partial charge in [0.15, 0.2) is 0 Å². The molecule has 0 radical (unpaired) electrons. The summed E-state index contributed by atoms with van der Waals surface area (Å²) in [4.78, 5) is 4.33. The van der Waals surface area contributed by atoms with Crippen LogP contribution in [0.5, 0.6) is 5.75 Å². The highest BCUT2D eigenvalue weighted by Crippen LogP contribution is 2.33. The minimum atomic E-state index is -2.90. The molecule has 1 heterocycles. The van der Waals surface area contributed by atoms with Crippen LogP contribution in [0.2, 0.25) is 0 Å². The monoisotopic (exact) mass is 462 g/mol. The van der Waals surface area contributed by atoms with Gasteiger partial charge in [-0.3, -0.25) is 4.98 Å². The van der Waals surface area contributed by atoms with Gasteiger partial charge in [-0.15, -0.1) is 0 Å². The molecule has 1 unspecified atom stereocenters. The maximum absolute atomic E-state index is 14.4. The molecule has 2 aromatic carbocycles. The van der Waals surface area contributed by atoms with E-state index in [1.165, 1.54) is 37.9 Å². The molecule has 1 atom stereocenters. The molecule has 32 heavy (non-hydrogen) atoms. The number of alkyl halides is 2. The second-order valence-electron chi connectivity index (χ2n) is 6.68. The van der Waals surface area contributed by atoms with Crippen LogP contribution in [-0.2, 0) is 17.9 Å². The molecule has 6 nitrogen and oxygen atoms in total. The number of benzene rings is 2. The third kappa shape index (κ3) is 5.14. The fourth-order valence-electron chi connectivity index (χ4n) is 3.15. The fourth-order valence-corrected chi connectivity index (χ4v) is 3.41. The van der Waals surface area contributed by atoms with Gasteiger partial charge >= 0.3 is 0 Å². The van der Waals surface area contributed by atoms with Gasteiger partial charge in [0, 0.05) is 52.8 Å². The number of nitrogens with zero attached hydrogens (tertiary/aromatic N) is 2. The van der Waals surface area contributed by atoms with E-state index in [2.05, 4.69) is 14.7 Å². The lowest BCUT2D eigenvalue weighted by molar-refractivity contribution is 0.146. The van der Waals surface area contributed by atoms with E-state index in [0.29, 0.717) is 33.5 Å². The van der Waals surface area contributed by atoms with Crippen molar-refractivity contribution in [2.75, 3.05) is 18.7 Å². The maximum atomic E-state index is 14.4. The summed E-state index contributed by atoms with van der Waals surface area (Å²) in [5.41, 5.74) is 7.47. The number of rotatable bonds is 8. The summed E-state index contributed by atoms with van der Waals surface area (Å²) in [7, 11) is 1.49. The highest BCUT2D eigenvalue weighted by molar-refractivity contribution is 7.89. The largest absolute Gasteiger partial charge is 0.592 e. The fraction of sp³-hybridized carbons (Fsp3) is 0.182. The van der Waals surface area contributed by atoms with Gasteiger partial charge < -0.3 is 20.3 Å². The number of aromatic nitrogens is 1. The Kier molecular flexibility index (Phi) is 7.60. The van der Waals surface area contributed by atoms with E-state index in [-0.39, 0.29) is 12.1 Å². The molecule has 0 bridgehead atoms. The van der Waals surface area contributed by atoms with Crippen LogP contribution in [0.1, 0.15) is 23.1 Å². The van der Waals surface area contributed by atoms with Crippen molar-refractivity contribution in [3.63, 3.8) is 0 Å². The van der Waals surface area contributed by atoms with Crippen molar-refractivity contribution in [3.8, 4) is 5.75 Å². The Hall–Kier alpha value is -3.24. The summed E-state index contributed by atoms with van der Waals surface area (Å²) in [5, 5.41) is 3.75. The molecule has 0 aliphatic rings. The second-order valence-corrected chi connectivity index (χ2v) is 7.74. The zero-order valence-corrected chi connectivity index (χ0v) is 18.1. The number of hydrogen-bond acceptors (Lipinski definition) is 6. The van der Waals surface area contributed by atoms with Crippen LogP contribution in [0.25, 0.3) is 16.5 Å². The molecule has 1 aromatic heterocycles. The maximum Gasteiger partial charge on any atom is 0.266 e. The lowest BCUT2D eigenvalue weighted by Gasteiger charge is -2.15. The van der Waals surface area contributed by atoms with Crippen LogP contribution >= 0.6 is 0 Å². The standard InChI is InChI=1S/C22H21F3N4O2S/c1-31-20-9-19-17(8-16(20)14(10-26)12-29-32(2)30)18(6-7-27-19)28-11-13-4-3-5-15(21(13)23)22(24)25/h3-10,12,22H,11,26H2,1-2H3,(H,27,28). The number of methoxy groups -OCH3 is 1. The van der Waals surface area contributed by atoms with Crippen molar-refractivity contribution >= 4 is 39.7 Å². The average Bonchev–Trinajstić information content (AvgIpc) is 2.77. The zero-order chi connectivity index (χ0) is 23.3. The van der Waals surface area contributed by atoms with Gasteiger partial charge in [-0.25, -0.2) is 13.2 Å². The number of nitrogens with two attached hydrogens (primary N) is 1. The molecule has 10 heteroatoms. The second kappa shape index (κ2) is 10.4. The van der Waals surface area contributed by atoms with Crippen LogP contribution in [0.15, 0.2) is 53.2 Å². The van der Waals surface area contributed by atoms with E-state index in [0.717, 1.165) is 6.07 Å². The SMILES string of the molecule is COc1cc2nccc(NCc3cccc(C(F)F)c3F)c2cc1C(C=N[S+](C)[O-])=CN. The number of anilines is 1. The quantitative estimate of drug-likeness (QED) is 0.377. The minimum Gasteiger partial charge on any atom is -0.592 e. The average molecular weight is 462 g/mol. The molecule has 168 valence electrons. The van der Waals surface area contributed by atoms with Crippen molar-refractivity contribution < 1.29 is 22.5 Å².